The summed E-state index contributed by atoms with van der Waals surface area (Å²) >= 11 is 3.26. The largest absolute Gasteiger partial charge is 0.375 e. The van der Waals surface area contributed by atoms with Gasteiger partial charge in [0.15, 0.2) is 0 Å². The molecule has 6 heteroatoms. The minimum Gasteiger partial charge on any atom is -0.375 e. The predicted octanol–water partition coefficient (Wildman–Crippen LogP) is 0.0417. The van der Waals surface area contributed by atoms with Crippen molar-refractivity contribution in [1.29, 1.82) is 0 Å². The van der Waals surface area contributed by atoms with Gasteiger partial charge in [-0.05, 0) is 0 Å². The molecule has 1 aliphatic rings. The first kappa shape index (κ1) is 10.4. The quantitative estimate of drug-likeness (QED) is 0.657. The summed E-state index contributed by atoms with van der Waals surface area (Å²) in [6.07, 6.45) is 1.22. The fourth-order valence-electron chi connectivity index (χ4n) is 1.09. The highest BCUT2D eigenvalue weighted by molar-refractivity contribution is 9.09. The molecule has 0 aromatic heterocycles. The SMILES string of the molecule is CS(=O)(=O)N1CCOC(CBr)C1. The molecule has 1 rings (SSSR count). The Morgan fingerprint density at radius 1 is 1.67 bits per heavy atom. The summed E-state index contributed by atoms with van der Waals surface area (Å²) in [6.45, 7) is 1.43. The maximum Gasteiger partial charge on any atom is 0.211 e. The summed E-state index contributed by atoms with van der Waals surface area (Å²) in [4.78, 5) is 0. The van der Waals surface area contributed by atoms with E-state index < -0.39 is 10.0 Å². The van der Waals surface area contributed by atoms with Gasteiger partial charge in [-0.15, -0.1) is 0 Å². The van der Waals surface area contributed by atoms with Crippen LogP contribution >= 0.6 is 15.9 Å². The van der Waals surface area contributed by atoms with Crippen LogP contribution in [0.2, 0.25) is 0 Å². The normalized spacial score (nSPS) is 27.3. The van der Waals surface area contributed by atoms with Crippen LogP contribution in [-0.4, -0.2) is 50.1 Å². The Labute approximate surface area is 81.1 Å². The maximum atomic E-state index is 11.1. The van der Waals surface area contributed by atoms with Crippen LogP contribution in [0.5, 0.6) is 0 Å². The minimum absolute atomic E-state index is 0.00604. The molecule has 4 nitrogen and oxygen atoms in total. The van der Waals surface area contributed by atoms with E-state index in [4.69, 9.17) is 4.74 Å². The zero-order valence-corrected chi connectivity index (χ0v) is 9.27. The summed E-state index contributed by atoms with van der Waals surface area (Å²) < 4.78 is 29.0. The fourth-order valence-corrected chi connectivity index (χ4v) is 2.32. The maximum absolute atomic E-state index is 11.1. The standard InChI is InChI=1S/C6H12BrNO3S/c1-12(9,10)8-2-3-11-6(4-7)5-8/h6H,2-5H2,1H3. The van der Waals surface area contributed by atoms with E-state index in [1.807, 2.05) is 0 Å². The molecule has 0 bridgehead atoms. The van der Waals surface area contributed by atoms with Crippen LogP contribution in [0, 0.1) is 0 Å². The first-order valence-corrected chi connectivity index (χ1v) is 6.63. The molecule has 0 spiro atoms. The number of nitrogens with zero attached hydrogens (tertiary/aromatic N) is 1. The third-order valence-electron chi connectivity index (χ3n) is 1.74. The smallest absolute Gasteiger partial charge is 0.211 e. The monoisotopic (exact) mass is 257 g/mol. The molecule has 1 heterocycles. The summed E-state index contributed by atoms with van der Waals surface area (Å²) in [5.74, 6) is 0. The van der Waals surface area contributed by atoms with Crippen molar-refractivity contribution in [2.75, 3.05) is 31.3 Å². The average Bonchev–Trinajstić information content (AvgIpc) is 2.03. The summed E-state index contributed by atoms with van der Waals surface area (Å²) in [6, 6.07) is 0. The first-order chi connectivity index (χ1) is 5.54. The molecule has 0 amide bonds. The van der Waals surface area contributed by atoms with E-state index in [2.05, 4.69) is 15.9 Å². The van der Waals surface area contributed by atoms with Crippen LogP contribution in [0.4, 0.5) is 0 Å². The lowest BCUT2D eigenvalue weighted by atomic mass is 10.3. The molecule has 0 N–H and O–H groups in total. The van der Waals surface area contributed by atoms with Gasteiger partial charge in [0.25, 0.3) is 0 Å². The third-order valence-corrected chi connectivity index (χ3v) is 3.73. The molecule has 1 unspecified atom stereocenters. The van der Waals surface area contributed by atoms with Gasteiger partial charge in [0, 0.05) is 18.4 Å². The van der Waals surface area contributed by atoms with E-state index in [0.29, 0.717) is 25.0 Å². The van der Waals surface area contributed by atoms with Crippen molar-refractivity contribution in [3.63, 3.8) is 0 Å². The Kier molecular flexibility index (Phi) is 3.51. The average molecular weight is 258 g/mol. The van der Waals surface area contributed by atoms with Crippen molar-refractivity contribution >= 4 is 26.0 Å². The van der Waals surface area contributed by atoms with E-state index in [0.717, 1.165) is 0 Å². The van der Waals surface area contributed by atoms with Crippen molar-refractivity contribution in [2.24, 2.45) is 0 Å². The molecular formula is C6H12BrNO3S. The van der Waals surface area contributed by atoms with E-state index in [-0.39, 0.29) is 6.10 Å². The van der Waals surface area contributed by atoms with Gasteiger partial charge in [-0.2, -0.15) is 4.31 Å². The first-order valence-electron chi connectivity index (χ1n) is 3.66. The Hall–Kier alpha value is 0.350. The third kappa shape index (κ3) is 2.69. The van der Waals surface area contributed by atoms with Crippen molar-refractivity contribution in [2.45, 2.75) is 6.10 Å². The zero-order chi connectivity index (χ0) is 9.19. The van der Waals surface area contributed by atoms with E-state index in [1.165, 1.54) is 10.6 Å². The highest BCUT2D eigenvalue weighted by Gasteiger charge is 2.25. The van der Waals surface area contributed by atoms with Gasteiger partial charge in [-0.1, -0.05) is 15.9 Å². The molecule has 0 aromatic carbocycles. The van der Waals surface area contributed by atoms with Gasteiger partial charge in [0.2, 0.25) is 10.0 Å². The second-order valence-corrected chi connectivity index (χ2v) is 5.40. The van der Waals surface area contributed by atoms with Gasteiger partial charge < -0.3 is 4.74 Å². The number of halogens is 1. The van der Waals surface area contributed by atoms with Crippen LogP contribution in [0.25, 0.3) is 0 Å². The molecule has 0 saturated carbocycles. The lowest BCUT2D eigenvalue weighted by molar-refractivity contribution is 0.0139. The highest BCUT2D eigenvalue weighted by Crippen LogP contribution is 2.10. The van der Waals surface area contributed by atoms with Crippen LogP contribution in [0.15, 0.2) is 0 Å². The Bertz CT molecular complexity index is 241. The summed E-state index contributed by atoms with van der Waals surface area (Å²) in [5, 5.41) is 0.680. The van der Waals surface area contributed by atoms with Crippen molar-refractivity contribution < 1.29 is 13.2 Å². The van der Waals surface area contributed by atoms with E-state index in [9.17, 15) is 8.42 Å². The number of hydrogen-bond donors (Lipinski definition) is 0. The summed E-state index contributed by atoms with van der Waals surface area (Å²) in [7, 11) is -3.04. The second kappa shape index (κ2) is 4.04. The van der Waals surface area contributed by atoms with Crippen LogP contribution in [0.3, 0.4) is 0 Å². The number of hydrogen-bond acceptors (Lipinski definition) is 3. The minimum atomic E-state index is -3.04. The molecule has 1 saturated heterocycles. The van der Waals surface area contributed by atoms with Gasteiger partial charge >= 0.3 is 0 Å². The molecule has 1 atom stereocenters. The van der Waals surface area contributed by atoms with Crippen LogP contribution in [0.1, 0.15) is 0 Å². The number of ether oxygens (including phenoxy) is 1. The molecular weight excluding hydrogens is 246 g/mol. The molecule has 0 aromatic rings. The number of alkyl halides is 1. The Morgan fingerprint density at radius 2 is 2.33 bits per heavy atom. The molecule has 1 fully saturated rings. The fraction of sp³-hybridized carbons (Fsp3) is 1.00. The van der Waals surface area contributed by atoms with Crippen LogP contribution in [-0.2, 0) is 14.8 Å². The summed E-state index contributed by atoms with van der Waals surface area (Å²) in [5.41, 5.74) is 0. The number of sulfonamides is 1. The van der Waals surface area contributed by atoms with E-state index >= 15 is 0 Å². The lowest BCUT2D eigenvalue weighted by Gasteiger charge is -2.30. The number of morpholine rings is 1. The van der Waals surface area contributed by atoms with Crippen LogP contribution < -0.4 is 0 Å². The molecule has 1 aliphatic heterocycles. The van der Waals surface area contributed by atoms with Gasteiger partial charge in [-0.3, -0.25) is 0 Å². The molecule has 0 aliphatic carbocycles. The van der Waals surface area contributed by atoms with Crippen molar-refractivity contribution in [3.05, 3.63) is 0 Å². The Morgan fingerprint density at radius 3 is 2.83 bits per heavy atom. The van der Waals surface area contributed by atoms with Crippen molar-refractivity contribution in [1.82, 2.24) is 4.31 Å². The van der Waals surface area contributed by atoms with Crippen molar-refractivity contribution in [3.8, 4) is 0 Å². The zero-order valence-electron chi connectivity index (χ0n) is 6.86. The molecule has 0 radical (unpaired) electrons. The lowest BCUT2D eigenvalue weighted by Crippen LogP contribution is -2.45. The topological polar surface area (TPSA) is 46.6 Å². The molecule has 12 heavy (non-hydrogen) atoms. The molecule has 72 valence electrons. The van der Waals surface area contributed by atoms with Gasteiger partial charge in [-0.25, -0.2) is 8.42 Å². The predicted molar refractivity (Wildman–Crippen MR) is 50.0 cm³/mol. The second-order valence-electron chi connectivity index (χ2n) is 2.77. The van der Waals surface area contributed by atoms with Gasteiger partial charge in [0.1, 0.15) is 0 Å². The van der Waals surface area contributed by atoms with E-state index in [1.54, 1.807) is 0 Å². The Balaban J connectivity index is 2.58. The van der Waals surface area contributed by atoms with Gasteiger partial charge in [0.05, 0.1) is 19.0 Å². The number of rotatable bonds is 2. The highest BCUT2D eigenvalue weighted by atomic mass is 79.9.